The van der Waals surface area contributed by atoms with Gasteiger partial charge in [-0.25, -0.2) is 4.79 Å². The molecule has 0 radical (unpaired) electrons. The molecule has 1 aliphatic rings. The lowest BCUT2D eigenvalue weighted by Gasteiger charge is -2.21. The van der Waals surface area contributed by atoms with E-state index in [1.807, 2.05) is 0 Å². The Morgan fingerprint density at radius 1 is 1.12 bits per heavy atom. The van der Waals surface area contributed by atoms with Crippen molar-refractivity contribution in [2.45, 2.75) is 25.2 Å². The number of hydrogen-bond acceptors (Lipinski definition) is 4. The maximum absolute atomic E-state index is 13.1. The Balaban J connectivity index is 1.93. The third kappa shape index (κ3) is 2.92. The Morgan fingerprint density at radius 3 is 2.48 bits per heavy atom. The summed E-state index contributed by atoms with van der Waals surface area (Å²) in [5.41, 5.74) is -2.51. The number of aromatic nitrogens is 2. The third-order valence-electron chi connectivity index (χ3n) is 3.94. The van der Waals surface area contributed by atoms with E-state index in [4.69, 9.17) is 0 Å². The highest BCUT2D eigenvalue weighted by Gasteiger charge is 2.50. The van der Waals surface area contributed by atoms with Gasteiger partial charge in [0.1, 0.15) is 5.69 Å². The van der Waals surface area contributed by atoms with Crippen LogP contribution in [0.5, 0.6) is 0 Å². The van der Waals surface area contributed by atoms with E-state index in [9.17, 15) is 22.8 Å². The van der Waals surface area contributed by atoms with Crippen molar-refractivity contribution in [3.63, 3.8) is 0 Å². The van der Waals surface area contributed by atoms with Crippen LogP contribution < -0.4 is 5.32 Å². The molecule has 25 heavy (non-hydrogen) atoms. The molecule has 1 N–H and O–H groups in total. The zero-order valence-corrected chi connectivity index (χ0v) is 13.0. The number of nitrogens with zero attached hydrogens (tertiary/aromatic N) is 3. The van der Waals surface area contributed by atoms with Gasteiger partial charge in [0.15, 0.2) is 5.54 Å². The number of urea groups is 1. The van der Waals surface area contributed by atoms with Crippen molar-refractivity contribution in [1.82, 2.24) is 20.2 Å². The maximum Gasteiger partial charge on any atom is 0.433 e. The van der Waals surface area contributed by atoms with Crippen molar-refractivity contribution in [2.75, 3.05) is 0 Å². The first kappa shape index (κ1) is 16.9. The molecule has 9 heteroatoms. The molecule has 2 aromatic rings. The first-order chi connectivity index (χ1) is 11.7. The number of amides is 3. The first-order valence-electron chi connectivity index (χ1n) is 7.30. The standard InChI is InChI=1S/C16H13F3N4O2/c1-15(11-6-2-3-7-20-11)13(24)23(14(25)22-15)9-10-5-4-8-21-12(10)16(17,18)19/h2-8H,9H2,1H3,(H,22,25). The van der Waals surface area contributed by atoms with Crippen LogP contribution in [0.15, 0.2) is 42.7 Å². The van der Waals surface area contributed by atoms with Crippen LogP contribution in [-0.4, -0.2) is 26.8 Å². The molecule has 1 atom stereocenters. The van der Waals surface area contributed by atoms with Gasteiger partial charge in [-0.1, -0.05) is 12.1 Å². The zero-order valence-electron chi connectivity index (χ0n) is 13.0. The number of carbonyl (C=O) groups excluding carboxylic acids is 2. The van der Waals surface area contributed by atoms with Crippen molar-refractivity contribution in [2.24, 2.45) is 0 Å². The predicted octanol–water partition coefficient (Wildman–Crippen LogP) is 2.46. The summed E-state index contributed by atoms with van der Waals surface area (Å²) < 4.78 is 39.2. The minimum Gasteiger partial charge on any atom is -0.318 e. The molecule has 0 bridgehead atoms. The van der Waals surface area contributed by atoms with Crippen LogP contribution in [0.4, 0.5) is 18.0 Å². The van der Waals surface area contributed by atoms with E-state index in [1.165, 1.54) is 25.3 Å². The van der Waals surface area contributed by atoms with Crippen LogP contribution in [0, 0.1) is 0 Å². The van der Waals surface area contributed by atoms with E-state index in [2.05, 4.69) is 15.3 Å². The average Bonchev–Trinajstić information content (AvgIpc) is 2.79. The second-order valence-electron chi connectivity index (χ2n) is 5.67. The summed E-state index contributed by atoms with van der Waals surface area (Å²) in [5.74, 6) is -0.673. The fraction of sp³-hybridized carbons (Fsp3) is 0.250. The molecule has 3 rings (SSSR count). The number of hydrogen-bond donors (Lipinski definition) is 1. The van der Waals surface area contributed by atoms with Gasteiger partial charge >= 0.3 is 12.2 Å². The molecule has 0 spiro atoms. The number of alkyl halides is 3. The van der Waals surface area contributed by atoms with Gasteiger partial charge in [0, 0.05) is 18.0 Å². The lowest BCUT2D eigenvalue weighted by molar-refractivity contribution is -0.142. The van der Waals surface area contributed by atoms with E-state index >= 15 is 0 Å². The van der Waals surface area contributed by atoms with Crippen molar-refractivity contribution in [3.05, 3.63) is 59.7 Å². The highest BCUT2D eigenvalue weighted by Crippen LogP contribution is 2.33. The second-order valence-corrected chi connectivity index (χ2v) is 5.67. The summed E-state index contributed by atoms with van der Waals surface area (Å²) in [5, 5.41) is 2.50. The van der Waals surface area contributed by atoms with E-state index < -0.39 is 35.9 Å². The Bertz CT molecular complexity index is 826. The molecule has 0 aliphatic carbocycles. The summed E-state index contributed by atoms with van der Waals surface area (Å²) in [6.45, 7) is 0.930. The van der Waals surface area contributed by atoms with Gasteiger partial charge in [-0.2, -0.15) is 13.2 Å². The molecule has 6 nitrogen and oxygen atoms in total. The molecule has 1 saturated heterocycles. The number of carbonyl (C=O) groups is 2. The Morgan fingerprint density at radius 2 is 1.84 bits per heavy atom. The molecule has 3 amide bonds. The van der Waals surface area contributed by atoms with Gasteiger partial charge in [-0.15, -0.1) is 0 Å². The lowest BCUT2D eigenvalue weighted by atomic mass is 9.97. The van der Waals surface area contributed by atoms with Gasteiger partial charge in [-0.05, 0) is 25.1 Å². The van der Waals surface area contributed by atoms with Crippen LogP contribution >= 0.6 is 0 Å². The minimum atomic E-state index is -4.68. The SMILES string of the molecule is CC1(c2ccccn2)NC(=O)N(Cc2cccnc2C(F)(F)F)C1=O. The summed E-state index contributed by atoms with van der Waals surface area (Å²) in [6.07, 6.45) is -2.21. The van der Waals surface area contributed by atoms with Gasteiger partial charge in [0.2, 0.25) is 0 Å². The van der Waals surface area contributed by atoms with Crippen LogP contribution in [0.2, 0.25) is 0 Å². The quantitative estimate of drug-likeness (QED) is 0.863. The number of rotatable bonds is 3. The molecule has 0 aromatic carbocycles. The molecule has 1 unspecified atom stereocenters. The number of nitrogens with one attached hydrogen (secondary N) is 1. The Hall–Kier alpha value is -2.97. The van der Waals surface area contributed by atoms with Gasteiger partial charge in [0.25, 0.3) is 5.91 Å². The van der Waals surface area contributed by atoms with Crippen molar-refractivity contribution in [1.29, 1.82) is 0 Å². The summed E-state index contributed by atoms with van der Waals surface area (Å²) in [4.78, 5) is 33.0. The molecule has 130 valence electrons. The average molecular weight is 350 g/mol. The predicted molar refractivity (Wildman–Crippen MR) is 79.9 cm³/mol. The Kier molecular flexibility index (Phi) is 3.94. The largest absolute Gasteiger partial charge is 0.433 e. The number of pyridine rings is 2. The zero-order chi connectivity index (χ0) is 18.2. The van der Waals surface area contributed by atoms with Crippen molar-refractivity contribution < 1.29 is 22.8 Å². The van der Waals surface area contributed by atoms with E-state index in [0.717, 1.165) is 11.1 Å². The fourth-order valence-corrected chi connectivity index (χ4v) is 2.66. The van der Waals surface area contributed by atoms with Crippen LogP contribution in [0.3, 0.4) is 0 Å². The van der Waals surface area contributed by atoms with Gasteiger partial charge < -0.3 is 5.32 Å². The fourth-order valence-electron chi connectivity index (χ4n) is 2.66. The summed E-state index contributed by atoms with van der Waals surface area (Å²) in [7, 11) is 0. The minimum absolute atomic E-state index is 0.260. The molecular weight excluding hydrogens is 337 g/mol. The summed E-state index contributed by atoms with van der Waals surface area (Å²) >= 11 is 0. The smallest absolute Gasteiger partial charge is 0.318 e. The van der Waals surface area contributed by atoms with Crippen LogP contribution in [-0.2, 0) is 23.1 Å². The topological polar surface area (TPSA) is 75.2 Å². The van der Waals surface area contributed by atoms with Crippen LogP contribution in [0.1, 0.15) is 23.9 Å². The van der Waals surface area contributed by atoms with Gasteiger partial charge in [-0.3, -0.25) is 19.7 Å². The molecule has 2 aromatic heterocycles. The van der Waals surface area contributed by atoms with E-state index in [-0.39, 0.29) is 5.56 Å². The van der Waals surface area contributed by atoms with Crippen LogP contribution in [0.25, 0.3) is 0 Å². The molecule has 0 saturated carbocycles. The number of imide groups is 1. The Labute approximate surface area is 140 Å². The van der Waals surface area contributed by atoms with E-state index in [0.29, 0.717) is 5.69 Å². The highest BCUT2D eigenvalue weighted by molar-refractivity contribution is 6.06. The number of halogens is 3. The van der Waals surface area contributed by atoms with E-state index in [1.54, 1.807) is 18.2 Å². The molecule has 1 aliphatic heterocycles. The molecule has 1 fully saturated rings. The second kappa shape index (κ2) is 5.83. The normalized spacial score (nSPS) is 20.7. The molecule has 3 heterocycles. The maximum atomic E-state index is 13.1. The third-order valence-corrected chi connectivity index (χ3v) is 3.94. The van der Waals surface area contributed by atoms with Crippen molar-refractivity contribution >= 4 is 11.9 Å². The molecular formula is C16H13F3N4O2. The van der Waals surface area contributed by atoms with Crippen molar-refractivity contribution in [3.8, 4) is 0 Å². The monoisotopic (exact) mass is 350 g/mol. The highest BCUT2D eigenvalue weighted by atomic mass is 19.4. The lowest BCUT2D eigenvalue weighted by Crippen LogP contribution is -2.41. The first-order valence-corrected chi connectivity index (χ1v) is 7.30. The summed E-state index contributed by atoms with van der Waals surface area (Å²) in [6, 6.07) is 6.59. The van der Waals surface area contributed by atoms with Gasteiger partial charge in [0.05, 0.1) is 12.2 Å².